The highest BCUT2D eigenvalue weighted by atomic mass is 16.5. The Kier molecular flexibility index (Phi) is 3.07. The van der Waals surface area contributed by atoms with E-state index in [2.05, 4.69) is 5.32 Å². The summed E-state index contributed by atoms with van der Waals surface area (Å²) >= 11 is 0. The van der Waals surface area contributed by atoms with Crippen LogP contribution in [0.15, 0.2) is 42.5 Å². The Morgan fingerprint density at radius 1 is 1.05 bits per heavy atom. The summed E-state index contributed by atoms with van der Waals surface area (Å²) in [5.74, 6) is 0.455. The second-order valence-corrected chi connectivity index (χ2v) is 4.78. The van der Waals surface area contributed by atoms with E-state index in [1.807, 2.05) is 0 Å². The number of carbonyl (C=O) groups excluding carboxylic acids is 1. The largest absolute Gasteiger partial charge is 0.497 e. The van der Waals surface area contributed by atoms with Gasteiger partial charge in [0.05, 0.1) is 14.2 Å². The van der Waals surface area contributed by atoms with Crippen molar-refractivity contribution in [2.24, 2.45) is 0 Å². The van der Waals surface area contributed by atoms with Gasteiger partial charge in [0, 0.05) is 16.8 Å². The number of anilines is 1. The predicted octanol–water partition coefficient (Wildman–Crippen LogP) is 1.89. The molecular weight excluding hydrogens is 270 g/mol. The van der Waals surface area contributed by atoms with Crippen molar-refractivity contribution in [2.75, 3.05) is 19.5 Å². The van der Waals surface area contributed by atoms with Crippen LogP contribution in [0.3, 0.4) is 0 Å². The molecule has 2 aromatic rings. The number of fused-ring (bicyclic) bond motifs is 1. The summed E-state index contributed by atoms with van der Waals surface area (Å²) < 4.78 is 10.5. The van der Waals surface area contributed by atoms with E-state index in [0.29, 0.717) is 28.3 Å². The lowest BCUT2D eigenvalue weighted by molar-refractivity contribution is -0.129. The average Bonchev–Trinajstić information content (AvgIpc) is 2.79. The van der Waals surface area contributed by atoms with Crippen molar-refractivity contribution in [1.29, 1.82) is 0 Å². The highest BCUT2D eigenvalue weighted by molar-refractivity contribution is 6.07. The van der Waals surface area contributed by atoms with Crippen molar-refractivity contribution in [3.63, 3.8) is 0 Å². The van der Waals surface area contributed by atoms with E-state index in [-0.39, 0.29) is 0 Å². The Hall–Kier alpha value is -2.53. The monoisotopic (exact) mass is 285 g/mol. The van der Waals surface area contributed by atoms with E-state index in [4.69, 9.17) is 9.47 Å². The van der Waals surface area contributed by atoms with Gasteiger partial charge in [-0.2, -0.15) is 0 Å². The fourth-order valence-corrected chi connectivity index (χ4v) is 2.61. The molecule has 5 nitrogen and oxygen atoms in total. The van der Waals surface area contributed by atoms with Crippen LogP contribution in [0.1, 0.15) is 11.1 Å². The van der Waals surface area contributed by atoms with E-state index < -0.39 is 11.5 Å². The van der Waals surface area contributed by atoms with Crippen LogP contribution in [0.2, 0.25) is 0 Å². The number of rotatable bonds is 3. The normalized spacial score (nSPS) is 19.9. The molecule has 0 saturated heterocycles. The summed E-state index contributed by atoms with van der Waals surface area (Å²) in [5.41, 5.74) is -0.348. The number of carbonyl (C=O) groups is 1. The molecular formula is C16H15NO4. The van der Waals surface area contributed by atoms with E-state index in [1.54, 1.807) is 42.5 Å². The molecule has 2 N–H and O–H groups in total. The van der Waals surface area contributed by atoms with Crippen LogP contribution in [-0.2, 0) is 10.4 Å². The minimum absolute atomic E-state index is 0.354. The number of amides is 1. The smallest absolute Gasteiger partial charge is 0.266 e. The first-order valence-electron chi connectivity index (χ1n) is 6.47. The highest BCUT2D eigenvalue weighted by Crippen LogP contribution is 2.44. The molecule has 1 amide bonds. The summed E-state index contributed by atoms with van der Waals surface area (Å²) in [5, 5.41) is 13.8. The van der Waals surface area contributed by atoms with Gasteiger partial charge in [0.2, 0.25) is 0 Å². The molecule has 0 fully saturated rings. The molecule has 2 aromatic carbocycles. The predicted molar refractivity (Wildman–Crippen MR) is 77.6 cm³/mol. The SMILES string of the molecule is COc1ccc(OC)c(C2(O)C(=O)Nc3ccccc32)c1. The maximum Gasteiger partial charge on any atom is 0.266 e. The van der Waals surface area contributed by atoms with Gasteiger partial charge in [-0.25, -0.2) is 0 Å². The molecule has 21 heavy (non-hydrogen) atoms. The fraction of sp³-hybridized carbons (Fsp3) is 0.188. The lowest BCUT2D eigenvalue weighted by atomic mass is 9.86. The zero-order valence-electron chi connectivity index (χ0n) is 11.7. The number of benzene rings is 2. The first-order valence-corrected chi connectivity index (χ1v) is 6.47. The molecule has 1 heterocycles. The van der Waals surface area contributed by atoms with Crippen LogP contribution >= 0.6 is 0 Å². The third-order valence-corrected chi connectivity index (χ3v) is 3.69. The van der Waals surface area contributed by atoms with Gasteiger partial charge in [0.25, 0.3) is 5.91 Å². The van der Waals surface area contributed by atoms with E-state index in [0.717, 1.165) is 0 Å². The molecule has 0 aromatic heterocycles. The lowest BCUT2D eigenvalue weighted by Gasteiger charge is -2.24. The van der Waals surface area contributed by atoms with Gasteiger partial charge < -0.3 is 19.9 Å². The molecule has 5 heteroatoms. The molecule has 1 aliphatic rings. The molecule has 0 aliphatic carbocycles. The number of hydrogen-bond donors (Lipinski definition) is 2. The number of nitrogens with one attached hydrogen (secondary N) is 1. The third kappa shape index (κ3) is 1.86. The minimum Gasteiger partial charge on any atom is -0.497 e. The van der Waals surface area contributed by atoms with E-state index >= 15 is 0 Å². The highest BCUT2D eigenvalue weighted by Gasteiger charge is 2.48. The zero-order valence-corrected chi connectivity index (χ0v) is 11.7. The van der Waals surface area contributed by atoms with Crippen LogP contribution in [0.4, 0.5) is 5.69 Å². The molecule has 0 radical (unpaired) electrons. The topological polar surface area (TPSA) is 67.8 Å². The number of aliphatic hydroxyl groups is 1. The second-order valence-electron chi connectivity index (χ2n) is 4.78. The molecule has 0 spiro atoms. The molecule has 1 unspecified atom stereocenters. The minimum atomic E-state index is -1.80. The Balaban J connectivity index is 2.26. The molecule has 1 aliphatic heterocycles. The average molecular weight is 285 g/mol. The van der Waals surface area contributed by atoms with Crippen LogP contribution in [0, 0.1) is 0 Å². The standard InChI is InChI=1S/C16H15NO4/c1-20-10-7-8-14(21-2)12(9-10)16(19)11-5-3-4-6-13(11)17-15(16)18/h3-9,19H,1-2H3,(H,17,18). The van der Waals surface area contributed by atoms with Gasteiger partial charge in [-0.1, -0.05) is 18.2 Å². The van der Waals surface area contributed by atoms with Crippen molar-refractivity contribution in [3.8, 4) is 11.5 Å². The Labute approximate surface area is 122 Å². The van der Waals surface area contributed by atoms with Gasteiger partial charge >= 0.3 is 0 Å². The summed E-state index contributed by atoms with van der Waals surface area (Å²) in [7, 11) is 3.02. The van der Waals surface area contributed by atoms with Gasteiger partial charge in [0.1, 0.15) is 11.5 Å². The maximum absolute atomic E-state index is 12.4. The summed E-state index contributed by atoms with van der Waals surface area (Å²) in [6.45, 7) is 0. The molecule has 0 saturated carbocycles. The summed E-state index contributed by atoms with van der Waals surface area (Å²) in [4.78, 5) is 12.4. The van der Waals surface area contributed by atoms with Gasteiger partial charge in [-0.15, -0.1) is 0 Å². The maximum atomic E-state index is 12.4. The number of para-hydroxylation sites is 1. The number of hydrogen-bond acceptors (Lipinski definition) is 4. The summed E-state index contributed by atoms with van der Waals surface area (Å²) in [6.07, 6.45) is 0. The number of ether oxygens (including phenoxy) is 2. The molecule has 108 valence electrons. The van der Waals surface area contributed by atoms with E-state index in [1.165, 1.54) is 14.2 Å². The van der Waals surface area contributed by atoms with Gasteiger partial charge in [-0.05, 0) is 24.3 Å². The first-order chi connectivity index (χ1) is 10.1. The van der Waals surface area contributed by atoms with Crippen LogP contribution in [-0.4, -0.2) is 25.2 Å². The molecule has 1 atom stereocenters. The lowest BCUT2D eigenvalue weighted by Crippen LogP contribution is -2.35. The van der Waals surface area contributed by atoms with Gasteiger partial charge in [-0.3, -0.25) is 4.79 Å². The van der Waals surface area contributed by atoms with Crippen molar-refractivity contribution in [2.45, 2.75) is 5.60 Å². The Morgan fingerprint density at radius 3 is 2.52 bits per heavy atom. The van der Waals surface area contributed by atoms with E-state index in [9.17, 15) is 9.90 Å². The van der Waals surface area contributed by atoms with Crippen molar-refractivity contribution in [3.05, 3.63) is 53.6 Å². The quantitative estimate of drug-likeness (QED) is 0.903. The number of methoxy groups -OCH3 is 2. The Morgan fingerprint density at radius 2 is 1.81 bits per heavy atom. The second kappa shape index (κ2) is 4.79. The van der Waals surface area contributed by atoms with Crippen LogP contribution in [0.25, 0.3) is 0 Å². The molecule has 3 rings (SSSR count). The zero-order chi connectivity index (χ0) is 15.0. The van der Waals surface area contributed by atoms with Crippen LogP contribution in [0.5, 0.6) is 11.5 Å². The first kappa shape index (κ1) is 13.5. The Bertz CT molecular complexity index is 713. The van der Waals surface area contributed by atoms with Crippen molar-refractivity contribution in [1.82, 2.24) is 0 Å². The van der Waals surface area contributed by atoms with Gasteiger partial charge in [0.15, 0.2) is 5.60 Å². The van der Waals surface area contributed by atoms with Crippen molar-refractivity contribution >= 4 is 11.6 Å². The molecule has 0 bridgehead atoms. The summed E-state index contributed by atoms with van der Waals surface area (Å²) in [6, 6.07) is 12.0. The third-order valence-electron chi connectivity index (χ3n) is 3.69. The fourth-order valence-electron chi connectivity index (χ4n) is 2.61. The van der Waals surface area contributed by atoms with Crippen molar-refractivity contribution < 1.29 is 19.4 Å². The van der Waals surface area contributed by atoms with Crippen LogP contribution < -0.4 is 14.8 Å².